The standard InChI is InChI=1S/C24H33N3O2.HI/c1-4-25-24(26-16-19-7-5-9-22(15-19)28-3)27-17-21-8-6-14-29-23(21)20-12-10-18(2)11-13-20;/h5,7,9-13,15,21,23H,4,6,8,14,16-17H2,1-3H3,(H2,25,26,27);1H. The molecule has 2 aromatic carbocycles. The molecule has 2 atom stereocenters. The predicted octanol–water partition coefficient (Wildman–Crippen LogP) is 4.84. The van der Waals surface area contributed by atoms with Crippen molar-refractivity contribution in [2.75, 3.05) is 26.8 Å². The number of benzene rings is 2. The number of aliphatic imine (C=N–C) groups is 1. The van der Waals surface area contributed by atoms with Crippen molar-refractivity contribution in [2.24, 2.45) is 10.9 Å². The number of methoxy groups -OCH3 is 1. The molecule has 1 aliphatic heterocycles. The molecule has 0 bridgehead atoms. The highest BCUT2D eigenvalue weighted by Crippen LogP contribution is 2.33. The first-order valence-corrected chi connectivity index (χ1v) is 10.5. The molecule has 6 heteroatoms. The topological polar surface area (TPSA) is 54.9 Å². The molecule has 1 heterocycles. The number of halogens is 1. The number of guanidine groups is 1. The molecule has 3 rings (SSSR count). The molecule has 0 radical (unpaired) electrons. The largest absolute Gasteiger partial charge is 0.497 e. The van der Waals surface area contributed by atoms with E-state index in [0.29, 0.717) is 12.5 Å². The number of hydrogen-bond acceptors (Lipinski definition) is 3. The van der Waals surface area contributed by atoms with Gasteiger partial charge < -0.3 is 20.1 Å². The van der Waals surface area contributed by atoms with Gasteiger partial charge in [-0.15, -0.1) is 24.0 Å². The molecule has 2 unspecified atom stereocenters. The normalized spacial score (nSPS) is 19.0. The van der Waals surface area contributed by atoms with Crippen LogP contribution < -0.4 is 15.4 Å². The highest BCUT2D eigenvalue weighted by molar-refractivity contribution is 14.0. The molecular formula is C24H34IN3O2. The Bertz CT molecular complexity index is 795. The first-order valence-electron chi connectivity index (χ1n) is 10.5. The minimum absolute atomic E-state index is 0. The van der Waals surface area contributed by atoms with E-state index in [9.17, 15) is 0 Å². The number of nitrogens with one attached hydrogen (secondary N) is 2. The lowest BCUT2D eigenvalue weighted by Crippen LogP contribution is -2.42. The number of nitrogens with zero attached hydrogens (tertiary/aromatic N) is 1. The molecule has 0 aromatic heterocycles. The van der Waals surface area contributed by atoms with Crippen LogP contribution in [0.15, 0.2) is 53.5 Å². The van der Waals surface area contributed by atoms with Crippen molar-refractivity contribution in [3.05, 3.63) is 65.2 Å². The molecule has 2 N–H and O–H groups in total. The molecule has 5 nitrogen and oxygen atoms in total. The molecule has 0 aliphatic carbocycles. The van der Waals surface area contributed by atoms with E-state index in [1.54, 1.807) is 7.11 Å². The van der Waals surface area contributed by atoms with E-state index in [4.69, 9.17) is 14.5 Å². The minimum atomic E-state index is 0. The zero-order chi connectivity index (χ0) is 20.5. The van der Waals surface area contributed by atoms with Crippen molar-refractivity contribution in [3.63, 3.8) is 0 Å². The minimum Gasteiger partial charge on any atom is -0.497 e. The number of rotatable bonds is 7. The van der Waals surface area contributed by atoms with E-state index in [0.717, 1.165) is 49.8 Å². The number of aryl methyl sites for hydroxylation is 1. The van der Waals surface area contributed by atoms with Crippen molar-refractivity contribution in [1.29, 1.82) is 0 Å². The van der Waals surface area contributed by atoms with Crippen LogP contribution in [0.1, 0.15) is 42.6 Å². The molecule has 0 spiro atoms. The van der Waals surface area contributed by atoms with Gasteiger partial charge in [0.25, 0.3) is 0 Å². The summed E-state index contributed by atoms with van der Waals surface area (Å²) >= 11 is 0. The summed E-state index contributed by atoms with van der Waals surface area (Å²) in [6, 6.07) is 16.8. The first-order chi connectivity index (χ1) is 14.2. The fourth-order valence-electron chi connectivity index (χ4n) is 3.69. The second-order valence-corrected chi connectivity index (χ2v) is 7.53. The maximum absolute atomic E-state index is 6.15. The zero-order valence-corrected chi connectivity index (χ0v) is 20.5. The fourth-order valence-corrected chi connectivity index (χ4v) is 3.69. The monoisotopic (exact) mass is 523 g/mol. The highest BCUT2D eigenvalue weighted by atomic mass is 127. The average molecular weight is 523 g/mol. The molecule has 0 saturated carbocycles. The van der Waals surface area contributed by atoms with Gasteiger partial charge in [-0.1, -0.05) is 42.0 Å². The van der Waals surface area contributed by atoms with Crippen LogP contribution in [0, 0.1) is 12.8 Å². The van der Waals surface area contributed by atoms with Crippen LogP contribution >= 0.6 is 24.0 Å². The smallest absolute Gasteiger partial charge is 0.191 e. The van der Waals surface area contributed by atoms with Crippen molar-refractivity contribution >= 4 is 29.9 Å². The van der Waals surface area contributed by atoms with Gasteiger partial charge in [-0.3, -0.25) is 0 Å². The third kappa shape index (κ3) is 7.16. The van der Waals surface area contributed by atoms with E-state index in [1.165, 1.54) is 11.1 Å². The van der Waals surface area contributed by atoms with Gasteiger partial charge in [0.1, 0.15) is 5.75 Å². The second-order valence-electron chi connectivity index (χ2n) is 7.53. The Morgan fingerprint density at radius 2 is 1.97 bits per heavy atom. The summed E-state index contributed by atoms with van der Waals surface area (Å²) in [5.74, 6) is 2.12. The quantitative estimate of drug-likeness (QED) is 0.310. The fraction of sp³-hybridized carbons (Fsp3) is 0.458. The maximum Gasteiger partial charge on any atom is 0.191 e. The van der Waals surface area contributed by atoms with Crippen LogP contribution in [0.3, 0.4) is 0 Å². The van der Waals surface area contributed by atoms with E-state index < -0.39 is 0 Å². The lowest BCUT2D eigenvalue weighted by molar-refractivity contribution is -0.0265. The Balaban J connectivity index is 0.00000320. The summed E-state index contributed by atoms with van der Waals surface area (Å²) in [5, 5.41) is 6.88. The van der Waals surface area contributed by atoms with Crippen molar-refractivity contribution in [2.45, 2.75) is 39.3 Å². The lowest BCUT2D eigenvalue weighted by Gasteiger charge is -2.32. The molecule has 2 aromatic rings. The van der Waals surface area contributed by atoms with Crippen LogP contribution in [-0.2, 0) is 11.3 Å². The first kappa shape index (κ1) is 24.5. The van der Waals surface area contributed by atoms with Gasteiger partial charge in [-0.2, -0.15) is 0 Å². The number of hydrogen-bond donors (Lipinski definition) is 2. The van der Waals surface area contributed by atoms with Gasteiger partial charge in [-0.05, 0) is 49.9 Å². The summed E-state index contributed by atoms with van der Waals surface area (Å²) in [5.41, 5.74) is 3.67. The van der Waals surface area contributed by atoms with E-state index in [2.05, 4.69) is 54.8 Å². The van der Waals surface area contributed by atoms with Gasteiger partial charge in [0, 0.05) is 25.6 Å². The summed E-state index contributed by atoms with van der Waals surface area (Å²) in [6.45, 7) is 7.30. The summed E-state index contributed by atoms with van der Waals surface area (Å²) < 4.78 is 11.5. The lowest BCUT2D eigenvalue weighted by atomic mass is 9.89. The summed E-state index contributed by atoms with van der Waals surface area (Å²) in [7, 11) is 1.69. The van der Waals surface area contributed by atoms with Gasteiger partial charge in [-0.25, -0.2) is 4.99 Å². The zero-order valence-electron chi connectivity index (χ0n) is 18.2. The van der Waals surface area contributed by atoms with Gasteiger partial charge in [0.15, 0.2) is 5.96 Å². The highest BCUT2D eigenvalue weighted by Gasteiger charge is 2.27. The Morgan fingerprint density at radius 1 is 1.17 bits per heavy atom. The van der Waals surface area contributed by atoms with Crippen molar-refractivity contribution < 1.29 is 9.47 Å². The van der Waals surface area contributed by atoms with E-state index in [1.807, 2.05) is 18.2 Å². The number of ether oxygens (including phenoxy) is 2. The van der Waals surface area contributed by atoms with Gasteiger partial charge in [0.05, 0.1) is 19.8 Å². The van der Waals surface area contributed by atoms with Crippen LogP contribution in [0.4, 0.5) is 0 Å². The van der Waals surface area contributed by atoms with E-state index >= 15 is 0 Å². The van der Waals surface area contributed by atoms with Gasteiger partial charge >= 0.3 is 0 Å². The van der Waals surface area contributed by atoms with Crippen LogP contribution in [0.5, 0.6) is 5.75 Å². The molecular weight excluding hydrogens is 489 g/mol. The third-order valence-corrected chi connectivity index (χ3v) is 5.28. The van der Waals surface area contributed by atoms with Gasteiger partial charge in [0.2, 0.25) is 0 Å². The molecule has 30 heavy (non-hydrogen) atoms. The average Bonchev–Trinajstić information content (AvgIpc) is 2.76. The Kier molecular flexibility index (Phi) is 10.4. The Hall–Kier alpha value is -1.80. The predicted molar refractivity (Wildman–Crippen MR) is 134 cm³/mol. The van der Waals surface area contributed by atoms with E-state index in [-0.39, 0.29) is 30.1 Å². The maximum atomic E-state index is 6.15. The summed E-state index contributed by atoms with van der Waals surface area (Å²) in [4.78, 5) is 4.75. The third-order valence-electron chi connectivity index (χ3n) is 5.28. The van der Waals surface area contributed by atoms with Crippen LogP contribution in [0.25, 0.3) is 0 Å². The SMILES string of the molecule is CCNC(=NCc1cccc(OC)c1)NCC1CCCOC1c1ccc(C)cc1.I. The van der Waals surface area contributed by atoms with Crippen LogP contribution in [0.2, 0.25) is 0 Å². The Labute approximate surface area is 197 Å². The summed E-state index contributed by atoms with van der Waals surface area (Å²) in [6.07, 6.45) is 2.39. The second kappa shape index (κ2) is 12.8. The Morgan fingerprint density at radius 3 is 2.70 bits per heavy atom. The molecule has 1 saturated heterocycles. The molecule has 1 fully saturated rings. The van der Waals surface area contributed by atoms with Crippen molar-refractivity contribution in [1.82, 2.24) is 10.6 Å². The molecule has 164 valence electrons. The molecule has 0 amide bonds. The molecule has 1 aliphatic rings. The van der Waals surface area contributed by atoms with Crippen LogP contribution in [-0.4, -0.2) is 32.8 Å². The van der Waals surface area contributed by atoms with Crippen molar-refractivity contribution in [3.8, 4) is 5.75 Å².